The molecule has 2 amide bonds. The predicted molar refractivity (Wildman–Crippen MR) is 114 cm³/mol. The molecule has 0 aromatic carbocycles. The number of nitrogens with one attached hydrogen (secondary N) is 4. The maximum absolute atomic E-state index is 12.0. The molecule has 0 saturated carbocycles. The molecule has 2 aliphatic heterocycles. The van der Waals surface area contributed by atoms with Gasteiger partial charge in [0.15, 0.2) is 0 Å². The first-order chi connectivity index (χ1) is 12.5. The van der Waals surface area contributed by atoms with E-state index in [4.69, 9.17) is 0 Å². The van der Waals surface area contributed by atoms with Gasteiger partial charge in [0.2, 0.25) is 11.8 Å². The molecule has 2 heterocycles. The summed E-state index contributed by atoms with van der Waals surface area (Å²) in [6.07, 6.45) is 0.731. The molecule has 0 aromatic rings. The number of amides is 2. The van der Waals surface area contributed by atoms with Crippen LogP contribution in [-0.4, -0.2) is 11.8 Å². The predicted octanol–water partition coefficient (Wildman–Crippen LogP) is 3.65. The number of carbonyl (C=O) groups excluding carboxylic acids is 2. The highest BCUT2D eigenvalue weighted by atomic mass is 16.2. The van der Waals surface area contributed by atoms with Gasteiger partial charge in [0.05, 0.1) is 5.92 Å². The normalized spacial score (nSPS) is 26.2. The van der Waals surface area contributed by atoms with Crippen LogP contribution < -0.4 is 21.7 Å². The second-order valence-corrected chi connectivity index (χ2v) is 11.2. The molecule has 4 N–H and O–H groups in total. The lowest BCUT2D eigenvalue weighted by molar-refractivity contribution is -0.136. The number of hydrazine groups is 2. The van der Waals surface area contributed by atoms with E-state index in [9.17, 15) is 9.59 Å². The largest absolute Gasteiger partial charge is 0.303 e. The van der Waals surface area contributed by atoms with Crippen LogP contribution in [0.25, 0.3) is 0 Å². The zero-order valence-electron chi connectivity index (χ0n) is 19.2. The summed E-state index contributed by atoms with van der Waals surface area (Å²) in [5.74, 6) is 0.281. The van der Waals surface area contributed by atoms with Crippen molar-refractivity contribution in [3.05, 3.63) is 24.6 Å². The summed E-state index contributed by atoms with van der Waals surface area (Å²) in [6, 6.07) is 0. The molecule has 6 heteroatoms. The van der Waals surface area contributed by atoms with Crippen LogP contribution in [-0.2, 0) is 9.59 Å². The highest BCUT2D eigenvalue weighted by molar-refractivity contribution is 5.81. The van der Waals surface area contributed by atoms with Gasteiger partial charge in [-0.2, -0.15) is 0 Å². The monoisotopic (exact) mass is 392 g/mol. The van der Waals surface area contributed by atoms with Crippen molar-refractivity contribution in [2.75, 3.05) is 0 Å². The minimum Gasteiger partial charge on any atom is -0.303 e. The molecule has 3 unspecified atom stereocenters. The SMILES string of the molecule is C=C1CC(C(C)(C)C)C(=O)NN1.C=C1NNC(=O)C(C(C)(C)C)C1C(C)(C)C. The number of allylic oxidation sites excluding steroid dienone is 2. The topological polar surface area (TPSA) is 82.3 Å². The molecular formula is C22H40N4O2. The summed E-state index contributed by atoms with van der Waals surface area (Å²) >= 11 is 0. The van der Waals surface area contributed by atoms with Crippen LogP contribution >= 0.6 is 0 Å². The quantitative estimate of drug-likeness (QED) is 0.507. The van der Waals surface area contributed by atoms with Crippen LogP contribution in [0.4, 0.5) is 0 Å². The highest BCUT2D eigenvalue weighted by Crippen LogP contribution is 2.45. The Morgan fingerprint density at radius 1 is 0.679 bits per heavy atom. The molecule has 0 spiro atoms. The van der Waals surface area contributed by atoms with Gasteiger partial charge in [0, 0.05) is 29.7 Å². The molecule has 2 rings (SSSR count). The molecule has 2 saturated heterocycles. The van der Waals surface area contributed by atoms with Crippen molar-refractivity contribution in [1.29, 1.82) is 0 Å². The molecule has 0 aromatic heterocycles. The van der Waals surface area contributed by atoms with Gasteiger partial charge in [-0.15, -0.1) is 0 Å². The van der Waals surface area contributed by atoms with E-state index in [1.54, 1.807) is 0 Å². The summed E-state index contributed by atoms with van der Waals surface area (Å²) in [7, 11) is 0. The van der Waals surface area contributed by atoms with Crippen molar-refractivity contribution >= 4 is 11.8 Å². The first-order valence-corrected chi connectivity index (χ1v) is 9.94. The van der Waals surface area contributed by atoms with E-state index in [1.807, 2.05) is 0 Å². The maximum atomic E-state index is 12.0. The highest BCUT2D eigenvalue weighted by Gasteiger charge is 2.47. The summed E-state index contributed by atoms with van der Waals surface area (Å²) < 4.78 is 0. The summed E-state index contributed by atoms with van der Waals surface area (Å²) in [6.45, 7) is 26.8. The average molecular weight is 393 g/mol. The standard InChI is InChI=1S/C13H24N2O.C9H16N2O/c1-8-9(12(2,3)4)10(13(5,6)7)11(16)15-14-8;1-6-5-7(9(2,3)4)8(12)11-10-6/h9-10,14H,1H2,2-7H3,(H,15,16);7,10H,1,5H2,2-4H3,(H,11,12). The molecule has 2 aliphatic rings. The van der Waals surface area contributed by atoms with Crippen LogP contribution in [0.5, 0.6) is 0 Å². The zero-order chi connectivity index (χ0) is 22.1. The van der Waals surface area contributed by atoms with Crippen molar-refractivity contribution in [3.63, 3.8) is 0 Å². The van der Waals surface area contributed by atoms with Gasteiger partial charge in [-0.3, -0.25) is 20.4 Å². The lowest BCUT2D eigenvalue weighted by atomic mass is 9.62. The molecule has 0 radical (unpaired) electrons. The summed E-state index contributed by atoms with van der Waals surface area (Å²) in [4.78, 5) is 23.4. The van der Waals surface area contributed by atoms with Crippen molar-refractivity contribution in [2.45, 2.75) is 68.7 Å². The van der Waals surface area contributed by atoms with E-state index in [-0.39, 0.29) is 45.8 Å². The van der Waals surface area contributed by atoms with Gasteiger partial charge in [-0.25, -0.2) is 0 Å². The second-order valence-electron chi connectivity index (χ2n) is 11.2. The molecule has 0 bridgehead atoms. The first-order valence-electron chi connectivity index (χ1n) is 9.94. The number of carbonyl (C=O) groups is 2. The zero-order valence-corrected chi connectivity index (χ0v) is 19.2. The van der Waals surface area contributed by atoms with Gasteiger partial charge >= 0.3 is 0 Å². The Kier molecular flexibility index (Phi) is 7.02. The Labute approximate surface area is 170 Å². The second kappa shape index (κ2) is 8.18. The van der Waals surface area contributed by atoms with E-state index < -0.39 is 0 Å². The van der Waals surface area contributed by atoms with Crippen molar-refractivity contribution in [1.82, 2.24) is 21.7 Å². The van der Waals surface area contributed by atoms with Crippen LogP contribution in [0.2, 0.25) is 0 Å². The molecule has 28 heavy (non-hydrogen) atoms. The van der Waals surface area contributed by atoms with Crippen molar-refractivity contribution in [2.24, 2.45) is 34.0 Å². The molecular weight excluding hydrogens is 352 g/mol. The third kappa shape index (κ3) is 6.01. The van der Waals surface area contributed by atoms with Gasteiger partial charge < -0.3 is 10.9 Å². The van der Waals surface area contributed by atoms with Gasteiger partial charge in [0.1, 0.15) is 0 Å². The minimum atomic E-state index is -0.0624. The molecule has 3 atom stereocenters. The Bertz CT molecular complexity index is 600. The lowest BCUT2D eigenvalue weighted by Crippen LogP contribution is -2.57. The summed E-state index contributed by atoms with van der Waals surface area (Å²) in [5.41, 5.74) is 12.7. The van der Waals surface area contributed by atoms with E-state index in [0.717, 1.165) is 17.8 Å². The third-order valence-corrected chi connectivity index (χ3v) is 5.38. The van der Waals surface area contributed by atoms with Crippen molar-refractivity contribution in [3.8, 4) is 0 Å². The van der Waals surface area contributed by atoms with Crippen LogP contribution in [0, 0.1) is 34.0 Å². The fourth-order valence-corrected chi connectivity index (χ4v) is 3.89. The van der Waals surface area contributed by atoms with E-state index in [1.165, 1.54) is 0 Å². The number of hydrogen-bond acceptors (Lipinski definition) is 4. The summed E-state index contributed by atoms with van der Waals surface area (Å²) in [5, 5.41) is 0. The van der Waals surface area contributed by atoms with Gasteiger partial charge in [-0.1, -0.05) is 75.5 Å². The lowest BCUT2D eigenvalue weighted by Gasteiger charge is -2.46. The Morgan fingerprint density at radius 3 is 1.50 bits per heavy atom. The van der Waals surface area contributed by atoms with Crippen LogP contribution in [0.15, 0.2) is 24.6 Å². The molecule has 6 nitrogen and oxygen atoms in total. The van der Waals surface area contributed by atoms with Gasteiger partial charge in [-0.05, 0) is 16.2 Å². The Balaban J connectivity index is 0.000000292. The number of rotatable bonds is 0. The average Bonchev–Trinajstić information content (AvgIpc) is 2.49. The Hall–Kier alpha value is -1.98. The van der Waals surface area contributed by atoms with E-state index >= 15 is 0 Å². The smallest absolute Gasteiger partial charge is 0.242 e. The van der Waals surface area contributed by atoms with E-state index in [0.29, 0.717) is 0 Å². The number of hydrogen-bond donors (Lipinski definition) is 4. The fraction of sp³-hybridized carbons (Fsp3) is 0.727. The molecule has 0 aliphatic carbocycles. The van der Waals surface area contributed by atoms with E-state index in [2.05, 4.69) is 97.2 Å². The maximum Gasteiger partial charge on any atom is 0.242 e. The van der Waals surface area contributed by atoms with Crippen LogP contribution in [0.1, 0.15) is 68.7 Å². The molecule has 2 fully saturated rings. The Morgan fingerprint density at radius 2 is 1.14 bits per heavy atom. The fourth-order valence-electron chi connectivity index (χ4n) is 3.89. The van der Waals surface area contributed by atoms with Crippen LogP contribution in [0.3, 0.4) is 0 Å². The van der Waals surface area contributed by atoms with Gasteiger partial charge in [0.25, 0.3) is 0 Å². The van der Waals surface area contributed by atoms with Crippen molar-refractivity contribution < 1.29 is 9.59 Å². The molecule has 160 valence electrons. The minimum absolute atomic E-state index is 0.00905. The first kappa shape index (κ1) is 24.1. The third-order valence-electron chi connectivity index (χ3n) is 5.38.